The lowest BCUT2D eigenvalue weighted by atomic mass is 10.1. The lowest BCUT2D eigenvalue weighted by molar-refractivity contribution is -0.120. The molecule has 128 valence electrons. The SMILES string of the molecule is COCc1ccc(CNC(=O)Cc2csc(-c3cccnc3)n2)cc1. The minimum absolute atomic E-state index is 0.0380. The molecule has 1 amide bonds. The van der Waals surface area contributed by atoms with Crippen LogP contribution in [-0.4, -0.2) is 23.0 Å². The summed E-state index contributed by atoms with van der Waals surface area (Å²) in [5.74, 6) is -0.0380. The first-order chi connectivity index (χ1) is 12.2. The lowest BCUT2D eigenvalue weighted by Gasteiger charge is -2.06. The van der Waals surface area contributed by atoms with E-state index in [1.807, 2.05) is 41.8 Å². The van der Waals surface area contributed by atoms with Crippen LogP contribution in [0.2, 0.25) is 0 Å². The van der Waals surface area contributed by atoms with E-state index in [1.165, 1.54) is 11.3 Å². The second-order valence-corrected chi connectivity index (χ2v) is 6.45. The number of pyridine rings is 1. The molecule has 0 bridgehead atoms. The molecule has 1 N–H and O–H groups in total. The zero-order valence-corrected chi connectivity index (χ0v) is 14.8. The summed E-state index contributed by atoms with van der Waals surface area (Å²) < 4.78 is 5.09. The van der Waals surface area contributed by atoms with Gasteiger partial charge in [0, 0.05) is 37.0 Å². The molecule has 25 heavy (non-hydrogen) atoms. The molecule has 5 nitrogen and oxygen atoms in total. The topological polar surface area (TPSA) is 64.1 Å². The molecular formula is C19H19N3O2S. The van der Waals surface area contributed by atoms with Crippen LogP contribution in [0.25, 0.3) is 10.6 Å². The zero-order valence-electron chi connectivity index (χ0n) is 13.9. The minimum atomic E-state index is -0.0380. The number of nitrogens with one attached hydrogen (secondary N) is 1. The predicted molar refractivity (Wildman–Crippen MR) is 98.1 cm³/mol. The average Bonchev–Trinajstić information content (AvgIpc) is 3.11. The molecule has 0 radical (unpaired) electrons. The molecule has 3 aromatic rings. The van der Waals surface area contributed by atoms with Gasteiger partial charge in [0.1, 0.15) is 5.01 Å². The van der Waals surface area contributed by atoms with Crippen molar-refractivity contribution < 1.29 is 9.53 Å². The standard InChI is InChI=1S/C19H19N3O2S/c1-24-12-15-6-4-14(5-7-15)10-21-18(23)9-17-13-25-19(22-17)16-3-2-8-20-11-16/h2-8,11,13H,9-10,12H2,1H3,(H,21,23). The molecule has 0 aliphatic carbocycles. The van der Waals surface area contributed by atoms with Crippen LogP contribution in [-0.2, 0) is 29.1 Å². The monoisotopic (exact) mass is 353 g/mol. The smallest absolute Gasteiger partial charge is 0.226 e. The van der Waals surface area contributed by atoms with E-state index in [0.717, 1.165) is 27.4 Å². The van der Waals surface area contributed by atoms with E-state index in [4.69, 9.17) is 4.74 Å². The van der Waals surface area contributed by atoms with Crippen LogP contribution in [0.4, 0.5) is 0 Å². The van der Waals surface area contributed by atoms with Gasteiger partial charge in [0.25, 0.3) is 0 Å². The van der Waals surface area contributed by atoms with Crippen LogP contribution in [0.1, 0.15) is 16.8 Å². The van der Waals surface area contributed by atoms with Crippen molar-refractivity contribution >= 4 is 17.2 Å². The number of hydrogen-bond donors (Lipinski definition) is 1. The fraction of sp³-hybridized carbons (Fsp3) is 0.211. The number of ether oxygens (including phenoxy) is 1. The predicted octanol–water partition coefficient (Wildman–Crippen LogP) is 3.21. The van der Waals surface area contributed by atoms with Gasteiger partial charge < -0.3 is 10.1 Å². The molecule has 0 spiro atoms. The molecule has 0 fully saturated rings. The minimum Gasteiger partial charge on any atom is -0.380 e. The van der Waals surface area contributed by atoms with Crippen molar-refractivity contribution in [2.75, 3.05) is 7.11 Å². The molecule has 2 heterocycles. The van der Waals surface area contributed by atoms with E-state index < -0.39 is 0 Å². The van der Waals surface area contributed by atoms with E-state index in [9.17, 15) is 4.79 Å². The molecule has 0 aliphatic rings. The Bertz CT molecular complexity index is 816. The van der Waals surface area contributed by atoms with Gasteiger partial charge in [-0.25, -0.2) is 4.98 Å². The van der Waals surface area contributed by atoms with E-state index in [0.29, 0.717) is 13.2 Å². The lowest BCUT2D eigenvalue weighted by Crippen LogP contribution is -2.24. The van der Waals surface area contributed by atoms with Crippen LogP contribution >= 0.6 is 11.3 Å². The summed E-state index contributed by atoms with van der Waals surface area (Å²) in [6, 6.07) is 11.8. The van der Waals surface area contributed by atoms with E-state index >= 15 is 0 Å². The molecule has 0 saturated heterocycles. The van der Waals surface area contributed by atoms with Crippen molar-refractivity contribution in [1.82, 2.24) is 15.3 Å². The second-order valence-electron chi connectivity index (χ2n) is 5.59. The van der Waals surface area contributed by atoms with Gasteiger partial charge in [-0.2, -0.15) is 0 Å². The number of nitrogens with zero attached hydrogens (tertiary/aromatic N) is 2. The maximum Gasteiger partial charge on any atom is 0.226 e. The maximum atomic E-state index is 12.1. The van der Waals surface area contributed by atoms with E-state index in [1.54, 1.807) is 19.5 Å². The largest absolute Gasteiger partial charge is 0.380 e. The van der Waals surface area contributed by atoms with Gasteiger partial charge >= 0.3 is 0 Å². The van der Waals surface area contributed by atoms with Crippen molar-refractivity contribution in [1.29, 1.82) is 0 Å². The Hall–Kier alpha value is -2.57. The highest BCUT2D eigenvalue weighted by molar-refractivity contribution is 7.13. The van der Waals surface area contributed by atoms with Crippen molar-refractivity contribution in [3.8, 4) is 10.6 Å². The highest BCUT2D eigenvalue weighted by atomic mass is 32.1. The summed E-state index contributed by atoms with van der Waals surface area (Å²) in [5, 5.41) is 5.73. The number of amides is 1. The molecule has 3 rings (SSSR count). The van der Waals surface area contributed by atoms with Crippen molar-refractivity contribution in [2.45, 2.75) is 19.6 Å². The third-order valence-electron chi connectivity index (χ3n) is 3.63. The summed E-state index contributed by atoms with van der Waals surface area (Å²) in [4.78, 5) is 20.7. The molecule has 6 heteroatoms. The van der Waals surface area contributed by atoms with Gasteiger partial charge in [-0.05, 0) is 23.3 Å². The van der Waals surface area contributed by atoms with E-state index in [-0.39, 0.29) is 12.3 Å². The number of carbonyl (C=O) groups is 1. The van der Waals surface area contributed by atoms with Gasteiger partial charge in [-0.1, -0.05) is 24.3 Å². The summed E-state index contributed by atoms with van der Waals surface area (Å²) in [5.41, 5.74) is 3.91. The van der Waals surface area contributed by atoms with Gasteiger partial charge in [0.15, 0.2) is 0 Å². The number of methoxy groups -OCH3 is 1. The molecule has 0 aliphatic heterocycles. The molecular weight excluding hydrogens is 334 g/mol. The number of aromatic nitrogens is 2. The van der Waals surface area contributed by atoms with Gasteiger partial charge in [-0.3, -0.25) is 9.78 Å². The van der Waals surface area contributed by atoms with Crippen LogP contribution in [0.5, 0.6) is 0 Å². The summed E-state index contributed by atoms with van der Waals surface area (Å²) in [6.45, 7) is 1.10. The van der Waals surface area contributed by atoms with Crippen LogP contribution in [0.15, 0.2) is 54.2 Å². The Morgan fingerprint density at radius 3 is 2.72 bits per heavy atom. The number of rotatable bonds is 7. The third-order valence-corrected chi connectivity index (χ3v) is 4.57. The highest BCUT2D eigenvalue weighted by Gasteiger charge is 2.09. The van der Waals surface area contributed by atoms with Crippen molar-refractivity contribution in [3.05, 3.63) is 71.0 Å². The fourth-order valence-corrected chi connectivity index (χ4v) is 3.17. The normalized spacial score (nSPS) is 10.6. The first-order valence-corrected chi connectivity index (χ1v) is 8.81. The third kappa shape index (κ3) is 4.95. The van der Waals surface area contributed by atoms with Crippen molar-refractivity contribution in [3.63, 3.8) is 0 Å². The zero-order chi connectivity index (χ0) is 17.5. The first-order valence-electron chi connectivity index (χ1n) is 7.93. The van der Waals surface area contributed by atoms with Crippen LogP contribution in [0.3, 0.4) is 0 Å². The number of carbonyl (C=O) groups excluding carboxylic acids is 1. The molecule has 1 aromatic carbocycles. The van der Waals surface area contributed by atoms with Crippen LogP contribution in [0, 0.1) is 0 Å². The second kappa shape index (κ2) is 8.50. The average molecular weight is 353 g/mol. The Morgan fingerprint density at radius 1 is 1.20 bits per heavy atom. The number of benzene rings is 1. The van der Waals surface area contributed by atoms with E-state index in [2.05, 4.69) is 15.3 Å². The van der Waals surface area contributed by atoms with Crippen LogP contribution < -0.4 is 5.32 Å². The summed E-state index contributed by atoms with van der Waals surface area (Å²) in [7, 11) is 1.67. The van der Waals surface area contributed by atoms with Gasteiger partial charge in [0.05, 0.1) is 18.7 Å². The summed E-state index contributed by atoms with van der Waals surface area (Å²) in [6.07, 6.45) is 3.78. The Balaban J connectivity index is 1.52. The van der Waals surface area contributed by atoms with Crippen molar-refractivity contribution in [2.24, 2.45) is 0 Å². The van der Waals surface area contributed by atoms with Gasteiger partial charge in [-0.15, -0.1) is 11.3 Å². The van der Waals surface area contributed by atoms with Gasteiger partial charge in [0.2, 0.25) is 5.91 Å². The number of hydrogen-bond acceptors (Lipinski definition) is 5. The highest BCUT2D eigenvalue weighted by Crippen LogP contribution is 2.22. The first kappa shape index (κ1) is 17.3. The maximum absolute atomic E-state index is 12.1. The molecule has 0 unspecified atom stereocenters. The molecule has 0 saturated carbocycles. The molecule has 2 aromatic heterocycles. The summed E-state index contributed by atoms with van der Waals surface area (Å²) >= 11 is 1.52. The Labute approximate surface area is 150 Å². The Kier molecular flexibility index (Phi) is 5.87. The number of thiazole rings is 1. The molecule has 0 atom stereocenters. The quantitative estimate of drug-likeness (QED) is 0.708. The fourth-order valence-electron chi connectivity index (χ4n) is 2.36. The Morgan fingerprint density at radius 2 is 2.00 bits per heavy atom.